The second kappa shape index (κ2) is 7.79. The average molecular weight is 383 g/mol. The number of amides is 1. The van der Waals surface area contributed by atoms with Crippen LogP contribution >= 0.6 is 47.5 Å². The van der Waals surface area contributed by atoms with Crippen molar-refractivity contribution in [3.05, 3.63) is 10.9 Å². The van der Waals surface area contributed by atoms with Gasteiger partial charge in [0.05, 0.1) is 9.58 Å². The standard InChI is InChI=1S/C13H18N4OS2.2ClH/c1-16(2)13-15-11-9(20-13)6-10(19-11)12(18)17-5-3-4-8(14)7-17;;/h6,8H,3-5,7,14H2,1-2H3;2*1H. The van der Waals surface area contributed by atoms with Crippen molar-refractivity contribution in [2.24, 2.45) is 5.73 Å². The lowest BCUT2D eigenvalue weighted by molar-refractivity contribution is 0.0714. The topological polar surface area (TPSA) is 62.5 Å². The van der Waals surface area contributed by atoms with Gasteiger partial charge in [-0.05, 0) is 18.9 Å². The van der Waals surface area contributed by atoms with E-state index in [1.807, 2.05) is 30.0 Å². The second-order valence-corrected chi connectivity index (χ2v) is 7.36. The summed E-state index contributed by atoms with van der Waals surface area (Å²) in [5.74, 6) is 0.0988. The molecule has 1 aliphatic rings. The summed E-state index contributed by atoms with van der Waals surface area (Å²) < 4.78 is 1.09. The van der Waals surface area contributed by atoms with Gasteiger partial charge >= 0.3 is 0 Å². The van der Waals surface area contributed by atoms with Crippen molar-refractivity contribution in [3.63, 3.8) is 0 Å². The zero-order valence-electron chi connectivity index (χ0n) is 12.4. The molecule has 0 aliphatic carbocycles. The molecule has 0 radical (unpaired) electrons. The van der Waals surface area contributed by atoms with Crippen molar-refractivity contribution in [2.45, 2.75) is 18.9 Å². The van der Waals surface area contributed by atoms with Crippen molar-refractivity contribution in [3.8, 4) is 0 Å². The summed E-state index contributed by atoms with van der Waals surface area (Å²) in [5.41, 5.74) is 5.94. The van der Waals surface area contributed by atoms with Gasteiger partial charge in [0, 0.05) is 33.2 Å². The molecule has 0 spiro atoms. The fourth-order valence-corrected chi connectivity index (χ4v) is 4.47. The van der Waals surface area contributed by atoms with Crippen molar-refractivity contribution in [1.29, 1.82) is 0 Å². The number of rotatable bonds is 2. The van der Waals surface area contributed by atoms with E-state index < -0.39 is 0 Å². The van der Waals surface area contributed by atoms with Crippen LogP contribution in [0.4, 0.5) is 5.13 Å². The number of carbonyl (C=O) groups is 1. The average Bonchev–Trinajstić information content (AvgIpc) is 2.95. The Morgan fingerprint density at radius 2 is 2.14 bits per heavy atom. The molecule has 1 unspecified atom stereocenters. The van der Waals surface area contributed by atoms with Crippen molar-refractivity contribution >= 4 is 68.1 Å². The van der Waals surface area contributed by atoms with E-state index in [1.54, 1.807) is 11.3 Å². The van der Waals surface area contributed by atoms with E-state index in [0.29, 0.717) is 6.54 Å². The normalized spacial score (nSPS) is 17.8. The maximum absolute atomic E-state index is 12.5. The Kier molecular flexibility index (Phi) is 6.88. The number of hydrogen-bond donors (Lipinski definition) is 1. The molecule has 1 fully saturated rings. The Balaban J connectivity index is 0.00000121. The van der Waals surface area contributed by atoms with Gasteiger partial charge in [-0.3, -0.25) is 4.79 Å². The summed E-state index contributed by atoms with van der Waals surface area (Å²) in [6.07, 6.45) is 2.01. The SMILES string of the molecule is CN(C)c1nc2sc(C(=O)N3CCCC(N)C3)cc2s1.Cl.Cl. The number of aromatic nitrogens is 1. The minimum atomic E-state index is 0. The number of anilines is 1. The minimum absolute atomic E-state index is 0. The number of carbonyl (C=O) groups excluding carboxylic acids is 1. The maximum Gasteiger partial charge on any atom is 0.264 e. The molecular formula is C13H20Cl2N4OS2. The van der Waals surface area contributed by atoms with E-state index in [0.717, 1.165) is 38.9 Å². The van der Waals surface area contributed by atoms with Crippen LogP contribution < -0.4 is 10.6 Å². The molecule has 2 N–H and O–H groups in total. The van der Waals surface area contributed by atoms with Crippen LogP contribution in [0.5, 0.6) is 0 Å². The van der Waals surface area contributed by atoms with Crippen LogP contribution in [0.15, 0.2) is 6.07 Å². The van der Waals surface area contributed by atoms with Gasteiger partial charge in [0.2, 0.25) is 0 Å². The Morgan fingerprint density at radius 1 is 1.41 bits per heavy atom. The molecule has 0 saturated carbocycles. The molecular weight excluding hydrogens is 363 g/mol. The number of hydrogen-bond acceptors (Lipinski definition) is 6. The molecule has 5 nitrogen and oxygen atoms in total. The first kappa shape index (κ1) is 19.4. The number of nitrogens with two attached hydrogens (primary N) is 1. The fourth-order valence-electron chi connectivity index (χ4n) is 2.37. The predicted molar refractivity (Wildman–Crippen MR) is 99.4 cm³/mol. The highest BCUT2D eigenvalue weighted by molar-refractivity contribution is 7.29. The summed E-state index contributed by atoms with van der Waals surface area (Å²) in [6.45, 7) is 1.48. The monoisotopic (exact) mass is 382 g/mol. The first-order chi connectivity index (χ1) is 9.54. The molecule has 2 aromatic rings. The Bertz CT molecular complexity index is 612. The number of likely N-dealkylation sites (tertiary alicyclic amines) is 1. The summed E-state index contributed by atoms with van der Waals surface area (Å²) in [5, 5.41) is 0.977. The Hall–Kier alpha value is -0.600. The molecule has 1 amide bonds. The lowest BCUT2D eigenvalue weighted by Crippen LogP contribution is -2.45. The van der Waals surface area contributed by atoms with Gasteiger partial charge in [0.15, 0.2) is 5.13 Å². The van der Waals surface area contributed by atoms with E-state index in [-0.39, 0.29) is 36.8 Å². The van der Waals surface area contributed by atoms with Crippen LogP contribution in [0, 0.1) is 0 Å². The highest BCUT2D eigenvalue weighted by Gasteiger charge is 2.24. The molecule has 9 heteroatoms. The van der Waals surface area contributed by atoms with E-state index in [9.17, 15) is 4.79 Å². The molecule has 124 valence electrons. The van der Waals surface area contributed by atoms with E-state index in [1.165, 1.54) is 11.3 Å². The van der Waals surface area contributed by atoms with Crippen LogP contribution in [-0.4, -0.2) is 49.0 Å². The number of fused-ring (bicyclic) bond motifs is 1. The molecule has 0 bridgehead atoms. The molecule has 1 aliphatic heterocycles. The molecule has 22 heavy (non-hydrogen) atoms. The van der Waals surface area contributed by atoms with Gasteiger partial charge in [-0.25, -0.2) is 4.98 Å². The third-order valence-corrected chi connectivity index (χ3v) is 5.73. The highest BCUT2D eigenvalue weighted by Crippen LogP contribution is 2.34. The van der Waals surface area contributed by atoms with Gasteiger partial charge in [0.1, 0.15) is 4.83 Å². The Morgan fingerprint density at radius 3 is 2.73 bits per heavy atom. The smallest absolute Gasteiger partial charge is 0.264 e. The molecule has 3 heterocycles. The van der Waals surface area contributed by atoms with Crippen LogP contribution in [0.25, 0.3) is 9.53 Å². The van der Waals surface area contributed by atoms with Crippen LogP contribution in [0.1, 0.15) is 22.5 Å². The second-order valence-electron chi connectivity index (χ2n) is 5.32. The molecule has 3 rings (SSSR count). The zero-order valence-corrected chi connectivity index (χ0v) is 15.7. The van der Waals surface area contributed by atoms with Crippen LogP contribution in [0.2, 0.25) is 0 Å². The minimum Gasteiger partial charge on any atom is -0.354 e. The quantitative estimate of drug-likeness (QED) is 0.866. The van der Waals surface area contributed by atoms with E-state index in [4.69, 9.17) is 5.73 Å². The highest BCUT2D eigenvalue weighted by atomic mass is 35.5. The van der Waals surface area contributed by atoms with Crippen LogP contribution in [-0.2, 0) is 0 Å². The molecule has 0 aromatic carbocycles. The Labute approximate surface area is 150 Å². The molecule has 2 aromatic heterocycles. The molecule has 1 saturated heterocycles. The first-order valence-electron chi connectivity index (χ1n) is 6.67. The predicted octanol–water partition coefficient (Wildman–Crippen LogP) is 2.83. The van der Waals surface area contributed by atoms with Gasteiger partial charge in [-0.2, -0.15) is 0 Å². The van der Waals surface area contributed by atoms with Crippen molar-refractivity contribution in [2.75, 3.05) is 32.1 Å². The maximum atomic E-state index is 12.5. The number of piperidine rings is 1. The van der Waals surface area contributed by atoms with Crippen molar-refractivity contribution in [1.82, 2.24) is 9.88 Å². The lowest BCUT2D eigenvalue weighted by Gasteiger charge is -2.30. The first-order valence-corrected chi connectivity index (χ1v) is 8.30. The summed E-state index contributed by atoms with van der Waals surface area (Å²) >= 11 is 3.10. The van der Waals surface area contributed by atoms with E-state index >= 15 is 0 Å². The lowest BCUT2D eigenvalue weighted by atomic mass is 10.1. The molecule has 1 atom stereocenters. The van der Waals surface area contributed by atoms with Gasteiger partial charge in [-0.1, -0.05) is 11.3 Å². The third-order valence-electron chi connectivity index (χ3n) is 3.42. The summed E-state index contributed by atoms with van der Waals surface area (Å²) in [7, 11) is 3.95. The van der Waals surface area contributed by atoms with Gasteiger partial charge < -0.3 is 15.5 Å². The van der Waals surface area contributed by atoms with Crippen molar-refractivity contribution < 1.29 is 4.79 Å². The summed E-state index contributed by atoms with van der Waals surface area (Å²) in [6, 6.07) is 2.08. The number of thiazole rings is 1. The van der Waals surface area contributed by atoms with Gasteiger partial charge in [0.25, 0.3) is 5.91 Å². The van der Waals surface area contributed by atoms with Crippen LogP contribution in [0.3, 0.4) is 0 Å². The summed E-state index contributed by atoms with van der Waals surface area (Å²) in [4.78, 5) is 22.6. The van der Waals surface area contributed by atoms with E-state index in [2.05, 4.69) is 4.98 Å². The largest absolute Gasteiger partial charge is 0.354 e. The third kappa shape index (κ3) is 3.83. The number of nitrogens with zero attached hydrogens (tertiary/aromatic N) is 3. The number of thiophene rings is 1. The zero-order chi connectivity index (χ0) is 14.3. The number of halogens is 2. The fraction of sp³-hybridized carbons (Fsp3) is 0.538. The van der Waals surface area contributed by atoms with Gasteiger partial charge in [-0.15, -0.1) is 36.2 Å².